The van der Waals surface area contributed by atoms with Crippen LogP contribution in [-0.4, -0.2) is 32.7 Å². The van der Waals surface area contributed by atoms with Gasteiger partial charge in [-0.3, -0.25) is 25.0 Å². The monoisotopic (exact) mass is 433 g/mol. The summed E-state index contributed by atoms with van der Waals surface area (Å²) in [5, 5.41) is 23.7. The Bertz CT molecular complexity index is 1060. The van der Waals surface area contributed by atoms with Crippen LogP contribution in [0.3, 0.4) is 0 Å². The van der Waals surface area contributed by atoms with E-state index in [9.17, 15) is 24.1 Å². The number of amides is 2. The normalized spacial score (nSPS) is 10.4. The molecule has 0 unspecified atom stereocenters. The van der Waals surface area contributed by atoms with Crippen molar-refractivity contribution in [3.8, 4) is 0 Å². The first kappa shape index (κ1) is 20.4. The topological polar surface area (TPSA) is 127 Å². The van der Waals surface area contributed by atoms with E-state index in [1.807, 2.05) is 0 Å². The average molecular weight is 433 g/mol. The summed E-state index contributed by atoms with van der Waals surface area (Å²) in [7, 11) is 0. The minimum Gasteiger partial charge on any atom is -0.325 e. The molecule has 0 aliphatic rings. The number of hydrogen-bond donors (Lipinski definition) is 2. The zero-order valence-corrected chi connectivity index (χ0v) is 16.1. The number of non-ortho nitro benzene ring substituents is 1. The van der Waals surface area contributed by atoms with Gasteiger partial charge in [-0.05, 0) is 30.3 Å². The Hall–Kier alpha value is -3.38. The number of thioether (sulfide) groups is 1. The van der Waals surface area contributed by atoms with E-state index in [-0.39, 0.29) is 28.0 Å². The Morgan fingerprint density at radius 3 is 2.59 bits per heavy atom. The third-order valence-electron chi connectivity index (χ3n) is 3.40. The summed E-state index contributed by atoms with van der Waals surface area (Å²) in [5.41, 5.74) is 0.464. The van der Waals surface area contributed by atoms with Crippen molar-refractivity contribution in [3.05, 3.63) is 70.0 Å². The first-order chi connectivity index (χ1) is 13.9. The fourth-order valence-corrected chi connectivity index (χ4v) is 3.66. The number of carbonyl (C=O) groups excluding carboxylic acids is 2. The van der Waals surface area contributed by atoms with Crippen molar-refractivity contribution in [2.75, 3.05) is 16.4 Å². The summed E-state index contributed by atoms with van der Waals surface area (Å²) in [6.45, 7) is 0. The summed E-state index contributed by atoms with van der Waals surface area (Å²) < 4.78 is 13.6. The molecular weight excluding hydrogens is 421 g/mol. The molecule has 2 amide bonds. The zero-order valence-electron chi connectivity index (χ0n) is 14.5. The van der Waals surface area contributed by atoms with Crippen molar-refractivity contribution >= 4 is 51.4 Å². The van der Waals surface area contributed by atoms with E-state index in [0.717, 1.165) is 23.1 Å². The number of carbonyl (C=O) groups is 2. The number of halogens is 1. The molecule has 1 heterocycles. The number of aromatic nitrogens is 2. The van der Waals surface area contributed by atoms with E-state index < -0.39 is 16.6 Å². The molecule has 3 aromatic rings. The highest BCUT2D eigenvalue weighted by molar-refractivity contribution is 8.01. The van der Waals surface area contributed by atoms with Gasteiger partial charge in [0, 0.05) is 23.4 Å². The third-order valence-corrected chi connectivity index (χ3v) is 5.37. The maximum atomic E-state index is 13.1. The van der Waals surface area contributed by atoms with Crippen LogP contribution < -0.4 is 10.6 Å². The molecule has 0 aliphatic heterocycles. The molecule has 0 aliphatic carbocycles. The molecule has 0 bridgehead atoms. The molecule has 2 N–H and O–H groups in total. The standard InChI is InChI=1S/C17H12FN5O4S2/c18-11-2-1-3-12(8-11)19-14(24)9-28-17-22-21-16(29-17)20-15(25)10-4-6-13(7-5-10)23(26)27/h1-8H,9H2,(H,19,24)(H,20,21,25). The summed E-state index contributed by atoms with van der Waals surface area (Å²) in [4.78, 5) is 34.2. The van der Waals surface area contributed by atoms with Gasteiger partial charge in [0.05, 0.1) is 10.7 Å². The van der Waals surface area contributed by atoms with Crippen LogP contribution in [-0.2, 0) is 4.79 Å². The van der Waals surface area contributed by atoms with Crippen LogP contribution in [0.2, 0.25) is 0 Å². The number of benzene rings is 2. The van der Waals surface area contributed by atoms with Crippen LogP contribution in [0.5, 0.6) is 0 Å². The molecule has 0 fully saturated rings. The van der Waals surface area contributed by atoms with Crippen molar-refractivity contribution in [2.24, 2.45) is 0 Å². The molecule has 0 spiro atoms. The van der Waals surface area contributed by atoms with Gasteiger partial charge in [-0.15, -0.1) is 10.2 Å². The quantitative estimate of drug-likeness (QED) is 0.252. The molecule has 0 saturated heterocycles. The lowest BCUT2D eigenvalue weighted by Crippen LogP contribution is -2.13. The van der Waals surface area contributed by atoms with Crippen LogP contribution in [0.25, 0.3) is 0 Å². The molecule has 2 aromatic carbocycles. The molecule has 0 radical (unpaired) electrons. The van der Waals surface area contributed by atoms with E-state index in [0.29, 0.717) is 10.0 Å². The number of hydrogen-bond acceptors (Lipinski definition) is 8. The molecule has 0 saturated carbocycles. The Labute approximate surface area is 171 Å². The van der Waals surface area contributed by atoms with Gasteiger partial charge in [-0.25, -0.2) is 4.39 Å². The molecule has 12 heteroatoms. The lowest BCUT2D eigenvalue weighted by Gasteiger charge is -2.03. The number of nitrogens with one attached hydrogen (secondary N) is 2. The van der Waals surface area contributed by atoms with E-state index >= 15 is 0 Å². The van der Waals surface area contributed by atoms with Crippen molar-refractivity contribution in [2.45, 2.75) is 4.34 Å². The zero-order chi connectivity index (χ0) is 20.8. The predicted molar refractivity (Wildman–Crippen MR) is 107 cm³/mol. The van der Waals surface area contributed by atoms with Gasteiger partial charge in [0.1, 0.15) is 5.82 Å². The summed E-state index contributed by atoms with van der Waals surface area (Å²) in [5.74, 6) is -1.25. The first-order valence-electron chi connectivity index (χ1n) is 7.98. The van der Waals surface area contributed by atoms with Crippen molar-refractivity contribution in [3.63, 3.8) is 0 Å². The minimum atomic E-state index is -0.555. The van der Waals surface area contributed by atoms with Crippen LogP contribution in [0.4, 0.5) is 20.9 Å². The maximum Gasteiger partial charge on any atom is 0.269 e. The first-order valence-corrected chi connectivity index (χ1v) is 9.78. The molecular formula is C17H12FN5O4S2. The van der Waals surface area contributed by atoms with Gasteiger partial charge in [0.25, 0.3) is 11.6 Å². The van der Waals surface area contributed by atoms with E-state index in [2.05, 4.69) is 20.8 Å². The van der Waals surface area contributed by atoms with Gasteiger partial charge < -0.3 is 5.32 Å². The van der Waals surface area contributed by atoms with Crippen LogP contribution in [0.15, 0.2) is 52.9 Å². The molecule has 9 nitrogen and oxygen atoms in total. The Kier molecular flexibility index (Phi) is 6.46. The van der Waals surface area contributed by atoms with Gasteiger partial charge in [-0.2, -0.15) is 0 Å². The van der Waals surface area contributed by atoms with E-state index in [1.165, 1.54) is 42.5 Å². The van der Waals surface area contributed by atoms with Crippen LogP contribution in [0.1, 0.15) is 10.4 Å². The lowest BCUT2D eigenvalue weighted by molar-refractivity contribution is -0.384. The van der Waals surface area contributed by atoms with Crippen LogP contribution >= 0.6 is 23.1 Å². The predicted octanol–water partition coefficient (Wildman–Crippen LogP) is 3.57. The number of rotatable bonds is 7. The molecule has 3 rings (SSSR count). The summed E-state index contributed by atoms with van der Waals surface area (Å²) in [6.07, 6.45) is 0. The van der Waals surface area contributed by atoms with E-state index in [1.54, 1.807) is 6.07 Å². The number of nitrogens with zero attached hydrogens (tertiary/aromatic N) is 3. The van der Waals surface area contributed by atoms with Gasteiger partial charge in [-0.1, -0.05) is 29.2 Å². The second-order valence-corrected chi connectivity index (χ2v) is 7.68. The second kappa shape index (κ2) is 9.21. The summed E-state index contributed by atoms with van der Waals surface area (Å²) >= 11 is 2.19. The van der Waals surface area contributed by atoms with Gasteiger partial charge in [0.15, 0.2) is 4.34 Å². The molecule has 29 heavy (non-hydrogen) atoms. The largest absolute Gasteiger partial charge is 0.325 e. The number of anilines is 2. The van der Waals surface area contributed by atoms with Gasteiger partial charge in [0.2, 0.25) is 11.0 Å². The summed E-state index contributed by atoms with van der Waals surface area (Å²) in [6, 6.07) is 10.7. The molecule has 1 aromatic heterocycles. The second-order valence-electron chi connectivity index (χ2n) is 5.48. The minimum absolute atomic E-state index is 0.0292. The third kappa shape index (κ3) is 5.80. The SMILES string of the molecule is O=C(CSc1nnc(NC(=O)c2ccc([N+](=O)[O-])cc2)s1)Nc1cccc(F)c1. The maximum absolute atomic E-state index is 13.1. The van der Waals surface area contributed by atoms with Crippen molar-refractivity contribution in [1.29, 1.82) is 0 Å². The van der Waals surface area contributed by atoms with E-state index in [4.69, 9.17) is 0 Å². The number of nitro groups is 1. The van der Waals surface area contributed by atoms with Crippen molar-refractivity contribution < 1.29 is 18.9 Å². The lowest BCUT2D eigenvalue weighted by atomic mass is 10.2. The Balaban J connectivity index is 1.51. The fraction of sp³-hybridized carbons (Fsp3) is 0.0588. The fourth-order valence-electron chi connectivity index (χ4n) is 2.11. The highest BCUT2D eigenvalue weighted by Gasteiger charge is 2.13. The smallest absolute Gasteiger partial charge is 0.269 e. The highest BCUT2D eigenvalue weighted by Crippen LogP contribution is 2.26. The van der Waals surface area contributed by atoms with Crippen LogP contribution in [0, 0.1) is 15.9 Å². The van der Waals surface area contributed by atoms with Gasteiger partial charge >= 0.3 is 0 Å². The Morgan fingerprint density at radius 1 is 1.14 bits per heavy atom. The molecule has 148 valence electrons. The number of nitro benzene ring substituents is 1. The average Bonchev–Trinajstić information content (AvgIpc) is 3.14. The van der Waals surface area contributed by atoms with Crippen molar-refractivity contribution in [1.82, 2.24) is 10.2 Å². The highest BCUT2D eigenvalue weighted by atomic mass is 32.2. The molecule has 0 atom stereocenters. The Morgan fingerprint density at radius 2 is 1.90 bits per heavy atom.